The molecule has 1 heterocycles. The topological polar surface area (TPSA) is 455 Å². The second-order valence-electron chi connectivity index (χ2n) is 11.6. The van der Waals surface area contributed by atoms with Crippen LogP contribution < -0.4 is 0 Å². The van der Waals surface area contributed by atoms with Crippen molar-refractivity contribution in [2.45, 2.75) is 25.7 Å². The lowest BCUT2D eigenvalue weighted by molar-refractivity contribution is -0.870. The average Bonchev–Trinajstić information content (AvgIpc) is 1.73. The van der Waals surface area contributed by atoms with Gasteiger partial charge in [0.15, 0.2) is 0 Å². The van der Waals surface area contributed by atoms with E-state index in [4.69, 9.17) is 19.2 Å². The molecular weight excluding hydrogens is 1770 g/mol. The fourth-order valence-corrected chi connectivity index (χ4v) is 4.12. The van der Waals surface area contributed by atoms with E-state index in [1.54, 1.807) is 0 Å². The van der Waals surface area contributed by atoms with Crippen molar-refractivity contribution < 1.29 is 204 Å². The first-order valence-corrected chi connectivity index (χ1v) is 33.4. The van der Waals surface area contributed by atoms with Crippen LogP contribution in [0.15, 0.2) is 443 Å². The van der Waals surface area contributed by atoms with Crippen molar-refractivity contribution in [2.24, 2.45) is 5.41 Å². The Hall–Kier alpha value is -13.3. The fourth-order valence-electron chi connectivity index (χ4n) is 4.12. The number of non-ortho nitro benzene ring substituents is 1. The molecule has 1 aromatic carbocycles. The number of benzene rings is 1. The summed E-state index contributed by atoms with van der Waals surface area (Å²) in [6, 6.07) is 4.14. The maximum atomic E-state index is 13.2. The van der Waals surface area contributed by atoms with Crippen molar-refractivity contribution in [3.8, 4) is 0 Å². The lowest BCUT2D eigenvalue weighted by atomic mass is 9.84. The van der Waals surface area contributed by atoms with Gasteiger partial charge >= 0.3 is 5.97 Å². The van der Waals surface area contributed by atoms with Gasteiger partial charge in [0, 0.05) is 71.6 Å². The van der Waals surface area contributed by atoms with Gasteiger partial charge in [-0.05, 0) is 139 Å². The number of ether oxygens (including phenoxy) is 2. The summed E-state index contributed by atoms with van der Waals surface area (Å²) in [7, 11) is 2.09. The highest BCUT2D eigenvalue weighted by Gasteiger charge is 2.38. The van der Waals surface area contributed by atoms with Crippen LogP contribution in [0.2, 0.25) is 0 Å². The van der Waals surface area contributed by atoms with E-state index < -0.39 is 60.1 Å². The lowest BCUT2D eigenvalue weighted by Crippen LogP contribution is -2.40. The van der Waals surface area contributed by atoms with Crippen LogP contribution >= 0.6 is 0 Å². The Morgan fingerprint density at radius 1 is 0.323 bits per heavy atom. The summed E-state index contributed by atoms with van der Waals surface area (Å²) in [5.74, 6) is -3.10. The third-order valence-corrected chi connectivity index (χ3v) is 6.96. The molecule has 0 bridgehead atoms. The number of rotatable bonds is 52. The number of nitro groups is 1. The molecule has 0 N–H and O–H groups in total. The molecule has 2 rings (SSSR count). The van der Waals surface area contributed by atoms with E-state index in [0.717, 1.165) is 61.8 Å². The molecule has 0 spiro atoms. The summed E-state index contributed by atoms with van der Waals surface area (Å²) in [4.78, 5) is 98.9. The summed E-state index contributed by atoms with van der Waals surface area (Å²) in [6.45, 7) is 177. The quantitative estimate of drug-likeness (QED) is 0.00854. The number of amides is 2. The Morgan fingerprint density at radius 3 is 0.850 bits per heavy atom. The van der Waals surface area contributed by atoms with E-state index in [9.17, 15) is 34.1 Å². The Labute approximate surface area is 791 Å². The number of hydrogen-bond donors (Lipinski definition) is 0. The number of nitrogens with zero attached hydrogens (tertiary/aromatic N) is 2. The highest BCUT2D eigenvalue weighted by Crippen LogP contribution is 2.27. The molecule has 2 amide bonds. The van der Waals surface area contributed by atoms with Crippen LogP contribution in [0.4, 0.5) is 5.69 Å². The number of ketones is 2. The highest BCUT2D eigenvalue weighted by atomic mass is 18.0. The minimum atomic E-state index is -1.89. The third-order valence-electron chi connectivity index (χ3n) is 6.96. The van der Waals surface area contributed by atoms with Gasteiger partial charge in [-0.25, -0.2) is 29.2 Å². The monoisotopic (exact) mass is 1930 g/mol. The summed E-state index contributed by atoms with van der Waals surface area (Å²) < 4.78 is 10.6. The van der Waals surface area contributed by atoms with Crippen LogP contribution in [0.3, 0.4) is 0 Å². The van der Waals surface area contributed by atoms with Crippen molar-refractivity contribution in [2.75, 3.05) is 60.4 Å². The molecule has 1 aliphatic heterocycles. The Balaban J connectivity index is -0.0000000563. The molecule has 0 fully saturated rings. The van der Waals surface area contributed by atoms with Crippen molar-refractivity contribution in [3.05, 3.63) is 459 Å². The largest absolute Gasteiger partial charge is 0.461 e. The van der Waals surface area contributed by atoms with Crippen LogP contribution in [-0.2, 0) is 194 Å². The molecule has 1 aromatic rings. The summed E-state index contributed by atoms with van der Waals surface area (Å²) in [6.07, 6.45) is 3.06. The van der Waals surface area contributed by atoms with E-state index in [0.29, 0.717) is 0 Å². The number of allylic oxidation sites excluding steroid dienone is 1. The smallest absolute Gasteiger partial charge is 0.338 e. The van der Waals surface area contributed by atoms with Gasteiger partial charge in [0.25, 0.3) is 17.5 Å². The first-order chi connectivity index (χ1) is 65.6. The molecular formula is C89H156N2O42. The van der Waals surface area contributed by atoms with Gasteiger partial charge in [-0.3, -0.25) is 34.2 Å². The Bertz CT molecular complexity index is 2090. The molecule has 1 aliphatic rings. The zero-order chi connectivity index (χ0) is 113. The van der Waals surface area contributed by atoms with Gasteiger partial charge in [-0.1, -0.05) is 0 Å². The van der Waals surface area contributed by atoms with Gasteiger partial charge in [-0.15, -0.1) is 395 Å². The van der Waals surface area contributed by atoms with Crippen LogP contribution in [0.25, 0.3) is 0 Å². The fraction of sp³-hybridized carbons (Fsp3) is 0.157. The number of hydrogen-bond acceptors (Lipinski definition) is 42. The zero-order valence-electron chi connectivity index (χ0n) is 78.9. The molecule has 0 saturated heterocycles. The maximum Gasteiger partial charge on any atom is 0.338 e. The third kappa shape index (κ3) is 231. The molecule has 774 valence electrons. The normalized spacial score (nSPS) is 7.85. The van der Waals surface area contributed by atoms with Crippen LogP contribution in [0.5, 0.6) is 0 Å². The number of carbonyl (C=O) groups excluding carboxylic acids is 5. The predicted octanol–water partition coefficient (Wildman–Crippen LogP) is 24.2. The van der Waals surface area contributed by atoms with Crippen molar-refractivity contribution >= 4 is 35.0 Å². The van der Waals surface area contributed by atoms with Gasteiger partial charge in [0.05, 0.1) is 56.5 Å². The van der Waals surface area contributed by atoms with Crippen molar-refractivity contribution in [3.63, 3.8) is 0 Å². The second-order valence-corrected chi connectivity index (χ2v) is 11.6. The van der Waals surface area contributed by atoms with Gasteiger partial charge in [0.2, 0.25) is 0 Å². The first-order valence-electron chi connectivity index (χ1n) is 33.4. The SMILES string of the molecule is C=C.C=C.C=C.C=C.C=C.C=C.C=C.C=C.C=C.C=C.C=C.C=C.C=C.C=C.C=C.C=C.C=C.C=C.C=C.C=C.C=C.C=C.C=C.C=C.C=C.C=C.C=C.C=C.C=C.C=C.COOOOOOOOOOOOOCC(COOOOOOOOOOOOOC)(COC(=O)c1ccc([N+](=O)[O-])cc1)CC(=O)CCOCCOOOOOOO/C=C/CC(=O)CCN1C(=O)C=CC1=O. The Morgan fingerprint density at radius 2 is 0.579 bits per heavy atom. The van der Waals surface area contributed by atoms with Gasteiger partial charge in [-0.2, -0.15) is 0 Å². The van der Waals surface area contributed by atoms with Crippen LogP contribution in [-0.4, -0.2) is 99.6 Å². The number of nitro benzene ring substituents is 1. The van der Waals surface area contributed by atoms with Gasteiger partial charge < -0.3 is 14.4 Å². The lowest BCUT2D eigenvalue weighted by Gasteiger charge is -2.30. The first kappa shape index (κ1) is 205. The molecule has 44 heteroatoms. The molecule has 133 heavy (non-hydrogen) atoms. The number of Topliss-reactive ketones (excluding diaryl/α,β-unsaturated/α-hetero) is 2. The number of carbonyl (C=O) groups is 5. The second kappa shape index (κ2) is 303. The summed E-state index contributed by atoms with van der Waals surface area (Å²) in [5, 5.41) is 115. The number of imide groups is 1. The minimum absolute atomic E-state index is 0.0835. The van der Waals surface area contributed by atoms with Crippen LogP contribution in [0.1, 0.15) is 36.0 Å². The molecule has 0 atom stereocenters. The van der Waals surface area contributed by atoms with Crippen LogP contribution in [0, 0.1) is 15.5 Å². The molecule has 44 nitrogen and oxygen atoms in total. The minimum Gasteiger partial charge on any atom is -0.461 e. The summed E-state index contributed by atoms with van der Waals surface area (Å²) >= 11 is 0. The van der Waals surface area contributed by atoms with Crippen molar-refractivity contribution in [1.82, 2.24) is 4.90 Å². The maximum absolute atomic E-state index is 13.2. The molecule has 0 aromatic heterocycles. The highest BCUT2D eigenvalue weighted by molar-refractivity contribution is 6.13. The zero-order valence-corrected chi connectivity index (χ0v) is 78.9. The predicted molar refractivity (Wildman–Crippen MR) is 520 cm³/mol. The van der Waals surface area contributed by atoms with E-state index >= 15 is 0 Å². The average molecular weight is 1930 g/mol. The molecule has 0 aliphatic carbocycles. The standard InChI is InChI=1S/C29H36N2O42.30C2H4/c1-39-47-53-59-64-68-72-70-66-62-57-51-45-20-29(19-42-28(36)22-5-7-23(8-6-22)31(37)38,21-46-52-58-63-67-71-73-69-65-60-54-48-40-2)18-25(33)12-15-41-16-17-44-50-56-61-55-49-43-14-3-4-24(32)11-13-30-26(34)9-10-27(30)35;30*1-2/h3,5-10,14H,4,11-13,15-21H2,1-2H3;30*1-2H2/b14-3+;;;;;;;;;;;;;;;;;;;;;;;;;;;;;;. The Kier molecular flexibility index (Phi) is 467. The van der Waals surface area contributed by atoms with Crippen molar-refractivity contribution in [1.29, 1.82) is 0 Å². The molecule has 0 radical (unpaired) electrons. The molecule has 0 unspecified atom stereocenters. The van der Waals surface area contributed by atoms with E-state index in [-0.39, 0.29) is 62.7 Å². The molecule has 0 saturated carbocycles. The number of esters is 1. The van der Waals surface area contributed by atoms with Gasteiger partial charge in [0.1, 0.15) is 31.0 Å². The summed E-state index contributed by atoms with van der Waals surface area (Å²) in [5.41, 5.74) is -2.43. The van der Waals surface area contributed by atoms with E-state index in [1.807, 2.05) is 0 Å². The van der Waals surface area contributed by atoms with E-state index in [2.05, 4.69) is 550 Å². The van der Waals surface area contributed by atoms with E-state index in [1.165, 1.54) is 6.08 Å².